The molecule has 0 bridgehead atoms. The molecule has 2 aromatic rings. The average Bonchev–Trinajstić information content (AvgIpc) is 3.37. The molecule has 3 heterocycles. The zero-order valence-corrected chi connectivity index (χ0v) is 19.0. The molecule has 0 atom stereocenters. The van der Waals surface area contributed by atoms with Crippen LogP contribution in [0.1, 0.15) is 51.0 Å². The number of nitrogens with zero attached hydrogens (tertiary/aromatic N) is 5. The van der Waals surface area contributed by atoms with Gasteiger partial charge < -0.3 is 10.2 Å². The van der Waals surface area contributed by atoms with Crippen LogP contribution in [0.2, 0.25) is 0 Å². The quantitative estimate of drug-likeness (QED) is 0.397. The van der Waals surface area contributed by atoms with Crippen molar-refractivity contribution in [2.45, 2.75) is 52.0 Å². The van der Waals surface area contributed by atoms with E-state index >= 15 is 0 Å². The lowest BCUT2D eigenvalue weighted by atomic mass is 9.73. The molecule has 1 saturated heterocycles. The fourth-order valence-electron chi connectivity index (χ4n) is 4.51. The summed E-state index contributed by atoms with van der Waals surface area (Å²) in [4.78, 5) is 11.8. The number of rotatable bonds is 4. The van der Waals surface area contributed by atoms with E-state index in [-0.39, 0.29) is 24.0 Å². The lowest BCUT2D eigenvalue weighted by Gasteiger charge is -2.33. The molecule has 2 fully saturated rings. The van der Waals surface area contributed by atoms with Gasteiger partial charge in [-0.2, -0.15) is 5.10 Å². The number of hydrogen-bond acceptors (Lipinski definition) is 3. The summed E-state index contributed by atoms with van der Waals surface area (Å²) >= 11 is 0. The summed E-state index contributed by atoms with van der Waals surface area (Å²) in [5, 5.41) is 7.76. The molecule has 1 spiro atoms. The second-order valence-corrected chi connectivity index (χ2v) is 7.88. The van der Waals surface area contributed by atoms with E-state index in [2.05, 4.69) is 33.3 Å². The Labute approximate surface area is 184 Å². The number of aromatic nitrogens is 3. The van der Waals surface area contributed by atoms with Gasteiger partial charge in [0, 0.05) is 38.2 Å². The third kappa shape index (κ3) is 4.85. The standard InChI is InChI=1S/C21H30N6.HI/c1-2-22-20(26-14-10-21(17-26)8-4-3-5-9-21)24-16-18-7-12-23-19(15-18)27-13-6-11-25-27;/h6-7,11-13,15H,2-5,8-10,14,16-17H2,1H3,(H,22,24);1H. The fourth-order valence-corrected chi connectivity index (χ4v) is 4.51. The first-order valence-electron chi connectivity index (χ1n) is 10.3. The van der Waals surface area contributed by atoms with Crippen molar-refractivity contribution in [3.05, 3.63) is 42.4 Å². The predicted octanol–water partition coefficient (Wildman–Crippen LogP) is 4.01. The number of guanidine groups is 1. The first-order valence-corrected chi connectivity index (χ1v) is 10.3. The molecule has 0 radical (unpaired) electrons. The van der Waals surface area contributed by atoms with Gasteiger partial charge in [0.2, 0.25) is 0 Å². The molecule has 1 N–H and O–H groups in total. The molecule has 7 heteroatoms. The van der Waals surface area contributed by atoms with E-state index in [0.29, 0.717) is 12.0 Å². The van der Waals surface area contributed by atoms with Crippen LogP contribution >= 0.6 is 24.0 Å². The largest absolute Gasteiger partial charge is 0.357 e. The van der Waals surface area contributed by atoms with Gasteiger partial charge >= 0.3 is 0 Å². The van der Waals surface area contributed by atoms with Crippen LogP contribution in [0.5, 0.6) is 0 Å². The summed E-state index contributed by atoms with van der Waals surface area (Å²) in [5.74, 6) is 1.89. The molecule has 1 aliphatic carbocycles. The SMILES string of the molecule is CCNC(=NCc1ccnc(-n2cccn2)c1)N1CCC2(CCCCC2)C1.I. The number of halogens is 1. The van der Waals surface area contributed by atoms with Gasteiger partial charge in [-0.3, -0.25) is 0 Å². The van der Waals surface area contributed by atoms with Crippen molar-refractivity contribution in [2.24, 2.45) is 10.4 Å². The Morgan fingerprint density at radius 2 is 2.07 bits per heavy atom. The number of aliphatic imine (C=N–C) groups is 1. The maximum atomic E-state index is 4.94. The van der Waals surface area contributed by atoms with E-state index in [4.69, 9.17) is 4.99 Å². The van der Waals surface area contributed by atoms with Gasteiger partial charge in [-0.25, -0.2) is 14.7 Å². The molecule has 2 aliphatic rings. The maximum absolute atomic E-state index is 4.94. The smallest absolute Gasteiger partial charge is 0.194 e. The van der Waals surface area contributed by atoms with Crippen LogP contribution in [0.15, 0.2) is 41.8 Å². The minimum Gasteiger partial charge on any atom is -0.357 e. The van der Waals surface area contributed by atoms with Crippen molar-refractivity contribution >= 4 is 29.9 Å². The van der Waals surface area contributed by atoms with Crippen molar-refractivity contribution in [2.75, 3.05) is 19.6 Å². The first-order chi connectivity index (χ1) is 13.3. The van der Waals surface area contributed by atoms with Crippen LogP contribution in [-0.2, 0) is 6.54 Å². The normalized spacial score (nSPS) is 18.9. The molecular formula is C21H31IN6. The third-order valence-electron chi connectivity index (χ3n) is 5.95. The van der Waals surface area contributed by atoms with Crippen molar-refractivity contribution in [1.82, 2.24) is 25.0 Å². The molecule has 6 nitrogen and oxygen atoms in total. The van der Waals surface area contributed by atoms with Gasteiger partial charge in [0.15, 0.2) is 11.8 Å². The third-order valence-corrected chi connectivity index (χ3v) is 5.95. The highest BCUT2D eigenvalue weighted by molar-refractivity contribution is 14.0. The van der Waals surface area contributed by atoms with Crippen LogP contribution in [-0.4, -0.2) is 45.3 Å². The zero-order valence-electron chi connectivity index (χ0n) is 16.7. The Morgan fingerprint density at radius 3 is 2.82 bits per heavy atom. The molecule has 0 amide bonds. The molecule has 0 unspecified atom stereocenters. The van der Waals surface area contributed by atoms with Crippen molar-refractivity contribution in [3.63, 3.8) is 0 Å². The van der Waals surface area contributed by atoms with E-state index in [1.807, 2.05) is 24.5 Å². The van der Waals surface area contributed by atoms with Crippen molar-refractivity contribution in [3.8, 4) is 5.82 Å². The van der Waals surface area contributed by atoms with Crippen LogP contribution in [0.4, 0.5) is 0 Å². The number of hydrogen-bond donors (Lipinski definition) is 1. The van der Waals surface area contributed by atoms with Crippen LogP contribution in [0.25, 0.3) is 5.82 Å². The molecule has 2 aromatic heterocycles. The Balaban J connectivity index is 0.00000225. The second-order valence-electron chi connectivity index (χ2n) is 7.88. The highest BCUT2D eigenvalue weighted by Crippen LogP contribution is 2.43. The zero-order chi connectivity index (χ0) is 18.5. The Bertz CT molecular complexity index is 767. The van der Waals surface area contributed by atoms with Gasteiger partial charge in [-0.05, 0) is 55.4 Å². The molecule has 4 rings (SSSR count). The molecule has 1 saturated carbocycles. The Kier molecular flexibility index (Phi) is 7.31. The molecule has 0 aromatic carbocycles. The van der Waals surface area contributed by atoms with E-state index in [1.54, 1.807) is 10.9 Å². The number of nitrogens with one attached hydrogen (secondary N) is 1. The Morgan fingerprint density at radius 1 is 1.21 bits per heavy atom. The highest BCUT2D eigenvalue weighted by atomic mass is 127. The van der Waals surface area contributed by atoms with Crippen LogP contribution in [0.3, 0.4) is 0 Å². The first kappa shape index (κ1) is 21.1. The van der Waals surface area contributed by atoms with E-state index < -0.39 is 0 Å². The Hall–Kier alpha value is -1.64. The summed E-state index contributed by atoms with van der Waals surface area (Å²) in [6.45, 7) is 5.98. The average molecular weight is 494 g/mol. The minimum atomic E-state index is 0. The number of pyridine rings is 1. The summed E-state index contributed by atoms with van der Waals surface area (Å²) in [6.07, 6.45) is 13.8. The van der Waals surface area contributed by atoms with E-state index in [1.165, 1.54) is 38.5 Å². The molecule has 152 valence electrons. The monoisotopic (exact) mass is 494 g/mol. The fraction of sp³-hybridized carbons (Fsp3) is 0.571. The molecule has 1 aliphatic heterocycles. The lowest BCUT2D eigenvalue weighted by molar-refractivity contribution is 0.203. The van der Waals surface area contributed by atoms with Crippen molar-refractivity contribution in [1.29, 1.82) is 0 Å². The van der Waals surface area contributed by atoms with E-state index in [9.17, 15) is 0 Å². The topological polar surface area (TPSA) is 58.3 Å². The van der Waals surface area contributed by atoms with Gasteiger partial charge in [-0.1, -0.05) is 19.3 Å². The van der Waals surface area contributed by atoms with Gasteiger partial charge in [0.25, 0.3) is 0 Å². The maximum Gasteiger partial charge on any atom is 0.194 e. The summed E-state index contributed by atoms with van der Waals surface area (Å²) in [7, 11) is 0. The minimum absolute atomic E-state index is 0. The highest BCUT2D eigenvalue weighted by Gasteiger charge is 2.39. The predicted molar refractivity (Wildman–Crippen MR) is 123 cm³/mol. The summed E-state index contributed by atoms with van der Waals surface area (Å²) < 4.78 is 1.78. The van der Waals surface area contributed by atoms with Gasteiger partial charge in [-0.15, -0.1) is 24.0 Å². The second kappa shape index (κ2) is 9.71. The summed E-state index contributed by atoms with van der Waals surface area (Å²) in [6, 6.07) is 6.00. The molecular weight excluding hydrogens is 463 g/mol. The van der Waals surface area contributed by atoms with Crippen LogP contribution < -0.4 is 5.32 Å². The van der Waals surface area contributed by atoms with Crippen molar-refractivity contribution < 1.29 is 0 Å². The van der Waals surface area contributed by atoms with Gasteiger partial charge in [0.05, 0.1) is 6.54 Å². The number of likely N-dealkylation sites (tertiary alicyclic amines) is 1. The van der Waals surface area contributed by atoms with Crippen LogP contribution in [0, 0.1) is 5.41 Å². The molecule has 28 heavy (non-hydrogen) atoms. The van der Waals surface area contributed by atoms with E-state index in [0.717, 1.165) is 37.0 Å². The summed E-state index contributed by atoms with van der Waals surface area (Å²) in [5.41, 5.74) is 1.69. The lowest BCUT2D eigenvalue weighted by Crippen LogP contribution is -2.41. The van der Waals surface area contributed by atoms with Gasteiger partial charge in [0.1, 0.15) is 0 Å².